The van der Waals surface area contributed by atoms with E-state index in [0.29, 0.717) is 0 Å². The Morgan fingerprint density at radius 1 is 1.46 bits per heavy atom. The summed E-state index contributed by atoms with van der Waals surface area (Å²) >= 11 is 0. The topological polar surface area (TPSA) is 29.1 Å². The average molecular weight is 195 g/mol. The average Bonchev–Trinajstić information content (AvgIpc) is 1.85. The highest BCUT2D eigenvalue weighted by Crippen LogP contribution is 2.18. The smallest absolute Gasteiger partial charge is 0.247 e. The van der Waals surface area contributed by atoms with E-state index in [-0.39, 0.29) is 12.3 Å². The molecule has 0 aliphatic rings. The fourth-order valence-corrected chi connectivity index (χ4v) is 0.936. The van der Waals surface area contributed by atoms with Crippen molar-refractivity contribution in [2.24, 2.45) is 0 Å². The van der Waals surface area contributed by atoms with Gasteiger partial charge in [-0.3, -0.25) is 4.79 Å². The molecule has 1 unspecified atom stereocenters. The Morgan fingerprint density at radius 3 is 2.08 bits per heavy atom. The molecule has 0 spiro atoms. The first kappa shape index (κ1) is 14.8. The van der Waals surface area contributed by atoms with E-state index >= 15 is 0 Å². The molecule has 13 heavy (non-hydrogen) atoms. The molecule has 4 heteroatoms. The monoisotopic (exact) mass is 195 g/mol. The Bertz CT molecular complexity index is 143. The Labute approximate surface area is 78.7 Å². The van der Waals surface area contributed by atoms with Crippen LogP contribution in [0.2, 0.25) is 0 Å². The number of carbonyl (C=O) groups excluding carboxylic acids is 1. The molecule has 0 radical (unpaired) electrons. The summed E-state index contributed by atoms with van der Waals surface area (Å²) in [5.41, 5.74) is 0. The van der Waals surface area contributed by atoms with Crippen LogP contribution in [0.3, 0.4) is 0 Å². The second-order valence-corrected chi connectivity index (χ2v) is 2.88. The van der Waals surface area contributed by atoms with Gasteiger partial charge in [-0.2, -0.15) is 0 Å². The molecule has 0 bridgehead atoms. The van der Waals surface area contributed by atoms with Gasteiger partial charge in [-0.05, 0) is 13.8 Å². The van der Waals surface area contributed by atoms with Crippen molar-refractivity contribution < 1.29 is 13.6 Å². The summed E-state index contributed by atoms with van der Waals surface area (Å²) < 4.78 is 24.5. The molecule has 1 amide bonds. The van der Waals surface area contributed by atoms with Crippen LogP contribution in [0.4, 0.5) is 8.78 Å². The lowest BCUT2D eigenvalue weighted by molar-refractivity contribution is -0.120. The zero-order valence-corrected chi connectivity index (χ0v) is 8.95. The normalized spacial score (nSPS) is 12.5. The van der Waals surface area contributed by atoms with E-state index in [0.717, 1.165) is 6.92 Å². The van der Waals surface area contributed by atoms with Crippen LogP contribution in [-0.2, 0) is 4.79 Å². The largest absolute Gasteiger partial charge is 0.354 e. The summed E-state index contributed by atoms with van der Waals surface area (Å²) in [6.07, 6.45) is -0.313. The van der Waals surface area contributed by atoms with Crippen LogP contribution in [0, 0.1) is 0 Å². The highest BCUT2D eigenvalue weighted by atomic mass is 19.3. The van der Waals surface area contributed by atoms with Crippen molar-refractivity contribution in [3.8, 4) is 0 Å². The van der Waals surface area contributed by atoms with Gasteiger partial charge in [0.05, 0.1) is 0 Å². The molecular weight excluding hydrogens is 176 g/mol. The quantitative estimate of drug-likeness (QED) is 0.736. The highest BCUT2D eigenvalue weighted by molar-refractivity contribution is 5.73. The molecule has 0 aromatic heterocycles. The van der Waals surface area contributed by atoms with Gasteiger partial charge in [0.2, 0.25) is 11.8 Å². The Hall–Kier alpha value is -0.670. The van der Waals surface area contributed by atoms with Gasteiger partial charge in [-0.15, -0.1) is 0 Å². The SMILES string of the molecule is CC.CC(=O)NC(C)CC(C)(F)F. The molecule has 0 saturated carbocycles. The summed E-state index contributed by atoms with van der Waals surface area (Å²) in [5.74, 6) is -2.98. The summed E-state index contributed by atoms with van der Waals surface area (Å²) in [4.78, 5) is 10.4. The summed E-state index contributed by atoms with van der Waals surface area (Å²) in [7, 11) is 0. The molecule has 0 aliphatic carbocycles. The Balaban J connectivity index is 0. The number of alkyl halides is 2. The summed E-state index contributed by atoms with van der Waals surface area (Å²) in [5, 5.41) is 2.38. The fraction of sp³-hybridized carbons (Fsp3) is 0.889. The summed E-state index contributed by atoms with van der Waals surface area (Å²) in [6, 6.07) is -0.465. The van der Waals surface area contributed by atoms with Gasteiger partial charge in [-0.1, -0.05) is 13.8 Å². The number of rotatable bonds is 3. The van der Waals surface area contributed by atoms with Crippen molar-refractivity contribution in [3.05, 3.63) is 0 Å². The van der Waals surface area contributed by atoms with E-state index in [1.807, 2.05) is 13.8 Å². The minimum atomic E-state index is -2.71. The van der Waals surface area contributed by atoms with Gasteiger partial charge in [0.1, 0.15) is 0 Å². The third kappa shape index (κ3) is 14.2. The maximum Gasteiger partial charge on any atom is 0.247 e. The Kier molecular flexibility index (Phi) is 7.76. The molecular formula is C9H19F2NO. The highest BCUT2D eigenvalue weighted by Gasteiger charge is 2.24. The molecule has 1 N–H and O–H groups in total. The molecule has 2 nitrogen and oxygen atoms in total. The third-order valence-corrected chi connectivity index (χ3v) is 1.11. The zero-order chi connectivity index (χ0) is 11.1. The van der Waals surface area contributed by atoms with Gasteiger partial charge in [0.15, 0.2) is 0 Å². The lowest BCUT2D eigenvalue weighted by Crippen LogP contribution is -2.34. The molecule has 0 saturated heterocycles. The lowest BCUT2D eigenvalue weighted by atomic mass is 10.1. The van der Waals surface area contributed by atoms with Crippen molar-refractivity contribution >= 4 is 5.91 Å². The number of amides is 1. The van der Waals surface area contributed by atoms with E-state index in [2.05, 4.69) is 5.32 Å². The molecule has 1 atom stereocenters. The van der Waals surface area contributed by atoms with Gasteiger partial charge in [0, 0.05) is 19.4 Å². The van der Waals surface area contributed by atoms with E-state index in [1.165, 1.54) is 6.92 Å². The number of halogens is 2. The van der Waals surface area contributed by atoms with Gasteiger partial charge >= 0.3 is 0 Å². The van der Waals surface area contributed by atoms with Gasteiger partial charge < -0.3 is 5.32 Å². The van der Waals surface area contributed by atoms with E-state index in [9.17, 15) is 13.6 Å². The Morgan fingerprint density at radius 2 is 1.85 bits per heavy atom. The molecule has 0 fully saturated rings. The molecule has 0 heterocycles. The minimum absolute atomic E-state index is 0.276. The fourth-order valence-electron chi connectivity index (χ4n) is 0.936. The van der Waals surface area contributed by atoms with Crippen molar-refractivity contribution in [3.63, 3.8) is 0 Å². The minimum Gasteiger partial charge on any atom is -0.354 e. The van der Waals surface area contributed by atoms with E-state index < -0.39 is 12.0 Å². The molecule has 0 rings (SSSR count). The lowest BCUT2D eigenvalue weighted by Gasteiger charge is -2.16. The third-order valence-electron chi connectivity index (χ3n) is 1.11. The number of nitrogens with one attached hydrogen (secondary N) is 1. The second kappa shape index (κ2) is 6.80. The van der Waals surface area contributed by atoms with Crippen LogP contribution in [0.5, 0.6) is 0 Å². The van der Waals surface area contributed by atoms with Crippen molar-refractivity contribution in [2.45, 2.75) is 53.0 Å². The van der Waals surface area contributed by atoms with Crippen LogP contribution in [0.15, 0.2) is 0 Å². The number of carbonyl (C=O) groups is 1. The van der Waals surface area contributed by atoms with E-state index in [1.54, 1.807) is 6.92 Å². The van der Waals surface area contributed by atoms with Gasteiger partial charge in [-0.25, -0.2) is 8.78 Å². The predicted octanol–water partition coefficient (Wildman–Crippen LogP) is 2.58. The molecule has 0 aromatic carbocycles. The van der Waals surface area contributed by atoms with Crippen LogP contribution in [0.1, 0.15) is 41.0 Å². The number of hydrogen-bond donors (Lipinski definition) is 1. The van der Waals surface area contributed by atoms with Crippen molar-refractivity contribution in [1.29, 1.82) is 0 Å². The first-order valence-corrected chi connectivity index (χ1v) is 4.46. The van der Waals surface area contributed by atoms with Crippen LogP contribution in [0.25, 0.3) is 0 Å². The second-order valence-electron chi connectivity index (χ2n) is 2.88. The van der Waals surface area contributed by atoms with Crippen molar-refractivity contribution in [2.75, 3.05) is 0 Å². The molecule has 80 valence electrons. The van der Waals surface area contributed by atoms with Crippen LogP contribution in [-0.4, -0.2) is 17.9 Å². The zero-order valence-electron chi connectivity index (χ0n) is 8.95. The first-order chi connectivity index (χ1) is 5.81. The van der Waals surface area contributed by atoms with Crippen LogP contribution >= 0.6 is 0 Å². The molecule has 0 aliphatic heterocycles. The number of hydrogen-bond acceptors (Lipinski definition) is 1. The summed E-state index contributed by atoms with van der Waals surface area (Å²) in [6.45, 7) is 7.70. The van der Waals surface area contributed by atoms with Crippen molar-refractivity contribution in [1.82, 2.24) is 5.32 Å². The van der Waals surface area contributed by atoms with E-state index in [4.69, 9.17) is 0 Å². The maximum absolute atomic E-state index is 12.3. The maximum atomic E-state index is 12.3. The first-order valence-electron chi connectivity index (χ1n) is 4.46. The van der Waals surface area contributed by atoms with Gasteiger partial charge in [0.25, 0.3) is 0 Å². The standard InChI is InChI=1S/C7H13F2NO.C2H6/c1-5(10-6(2)11)4-7(3,8)9;1-2/h5H,4H2,1-3H3,(H,10,11);1-2H3. The molecule has 0 aromatic rings. The predicted molar refractivity (Wildman–Crippen MR) is 49.9 cm³/mol. The van der Waals surface area contributed by atoms with Crippen LogP contribution < -0.4 is 5.32 Å².